The van der Waals surface area contributed by atoms with Crippen molar-refractivity contribution in [1.82, 2.24) is 9.88 Å². The van der Waals surface area contributed by atoms with Crippen molar-refractivity contribution in [2.24, 2.45) is 0 Å². The number of likely N-dealkylation sites (tertiary alicyclic amines) is 1. The molecule has 4 nitrogen and oxygen atoms in total. The monoisotopic (exact) mass is 297 g/mol. The third kappa shape index (κ3) is 3.83. The first-order chi connectivity index (χ1) is 10.7. The Kier molecular flexibility index (Phi) is 4.68. The number of nitrogens with one attached hydrogen (secondary N) is 1. The molecule has 1 aliphatic rings. The van der Waals surface area contributed by atoms with Crippen LogP contribution in [0.25, 0.3) is 10.9 Å². The fourth-order valence-electron chi connectivity index (χ4n) is 3.09. The van der Waals surface area contributed by atoms with Crippen LogP contribution in [0.3, 0.4) is 0 Å². The quantitative estimate of drug-likeness (QED) is 0.942. The summed E-state index contributed by atoms with van der Waals surface area (Å²) in [5.41, 5.74) is 2.99. The molecular formula is C18H23N3O. The van der Waals surface area contributed by atoms with E-state index in [-0.39, 0.29) is 5.91 Å². The second kappa shape index (κ2) is 6.88. The summed E-state index contributed by atoms with van der Waals surface area (Å²) in [7, 11) is 0. The minimum atomic E-state index is -0.0582. The van der Waals surface area contributed by atoms with Crippen LogP contribution >= 0.6 is 0 Å². The van der Waals surface area contributed by atoms with E-state index in [1.165, 1.54) is 51.3 Å². The van der Waals surface area contributed by atoms with Crippen molar-refractivity contribution in [1.29, 1.82) is 0 Å². The van der Waals surface area contributed by atoms with Crippen molar-refractivity contribution in [3.63, 3.8) is 0 Å². The van der Waals surface area contributed by atoms with E-state index in [9.17, 15) is 4.79 Å². The minimum Gasteiger partial charge on any atom is -0.326 e. The van der Waals surface area contributed by atoms with E-state index in [1.54, 1.807) is 0 Å². The Bertz CT molecular complexity index is 660. The lowest BCUT2D eigenvalue weighted by atomic mass is 10.1. The normalized spacial score (nSPS) is 16.4. The molecule has 0 unspecified atom stereocenters. The van der Waals surface area contributed by atoms with Gasteiger partial charge in [-0.25, -0.2) is 0 Å². The summed E-state index contributed by atoms with van der Waals surface area (Å²) in [5, 5.41) is 3.92. The molecule has 1 N–H and O–H groups in total. The summed E-state index contributed by atoms with van der Waals surface area (Å²) < 4.78 is 0. The SMILES string of the molecule is CC(=O)Nc1ccc2cc(CN3CCCCCC3)cnc2c1. The summed E-state index contributed by atoms with van der Waals surface area (Å²) in [6, 6.07) is 8.10. The van der Waals surface area contributed by atoms with Gasteiger partial charge in [-0.3, -0.25) is 14.7 Å². The predicted octanol–water partition coefficient (Wildman–Crippen LogP) is 3.57. The molecule has 3 rings (SSSR count). The third-order valence-corrected chi connectivity index (χ3v) is 4.17. The molecule has 1 aromatic heterocycles. The van der Waals surface area contributed by atoms with Crippen LogP contribution in [0.15, 0.2) is 30.5 Å². The molecule has 1 amide bonds. The van der Waals surface area contributed by atoms with Gasteiger partial charge in [-0.15, -0.1) is 0 Å². The standard InChI is InChI=1S/C18H23N3O/c1-14(22)20-17-7-6-16-10-15(12-19-18(16)11-17)13-21-8-4-2-3-5-9-21/h6-7,10-12H,2-5,8-9,13H2,1H3,(H,20,22). The number of fused-ring (bicyclic) bond motifs is 1. The van der Waals surface area contributed by atoms with E-state index in [0.717, 1.165) is 23.1 Å². The van der Waals surface area contributed by atoms with E-state index in [2.05, 4.69) is 21.3 Å². The minimum absolute atomic E-state index is 0.0582. The molecule has 4 heteroatoms. The maximum absolute atomic E-state index is 11.1. The zero-order chi connectivity index (χ0) is 15.4. The smallest absolute Gasteiger partial charge is 0.221 e. The number of amides is 1. The molecule has 1 aliphatic heterocycles. The van der Waals surface area contributed by atoms with Crippen molar-refractivity contribution in [2.45, 2.75) is 39.2 Å². The molecule has 0 bridgehead atoms. The Morgan fingerprint density at radius 2 is 1.95 bits per heavy atom. The fourth-order valence-corrected chi connectivity index (χ4v) is 3.09. The van der Waals surface area contributed by atoms with E-state index >= 15 is 0 Å². The van der Waals surface area contributed by atoms with Gasteiger partial charge in [0.2, 0.25) is 5.91 Å². The average molecular weight is 297 g/mol. The van der Waals surface area contributed by atoms with E-state index in [0.29, 0.717) is 0 Å². The Hall–Kier alpha value is -1.94. The predicted molar refractivity (Wildman–Crippen MR) is 89.8 cm³/mol. The summed E-state index contributed by atoms with van der Waals surface area (Å²) >= 11 is 0. The average Bonchev–Trinajstić information content (AvgIpc) is 2.75. The van der Waals surface area contributed by atoms with Crippen molar-refractivity contribution in [3.8, 4) is 0 Å². The van der Waals surface area contributed by atoms with Gasteiger partial charge in [0.1, 0.15) is 0 Å². The van der Waals surface area contributed by atoms with Gasteiger partial charge in [-0.2, -0.15) is 0 Å². The van der Waals surface area contributed by atoms with Crippen molar-refractivity contribution < 1.29 is 4.79 Å². The van der Waals surface area contributed by atoms with Crippen LogP contribution in [0.1, 0.15) is 38.2 Å². The number of hydrogen-bond donors (Lipinski definition) is 1. The van der Waals surface area contributed by atoms with Crippen molar-refractivity contribution >= 4 is 22.5 Å². The lowest BCUT2D eigenvalue weighted by Gasteiger charge is -2.19. The Labute approximate surface area is 131 Å². The summed E-state index contributed by atoms with van der Waals surface area (Å²) in [6.07, 6.45) is 7.30. The highest BCUT2D eigenvalue weighted by Gasteiger charge is 2.10. The van der Waals surface area contributed by atoms with E-state index in [4.69, 9.17) is 0 Å². The second-order valence-electron chi connectivity index (χ2n) is 6.12. The van der Waals surface area contributed by atoms with Gasteiger partial charge < -0.3 is 5.32 Å². The van der Waals surface area contributed by atoms with Crippen molar-refractivity contribution in [2.75, 3.05) is 18.4 Å². The zero-order valence-corrected chi connectivity index (χ0v) is 13.1. The first-order valence-electron chi connectivity index (χ1n) is 8.09. The highest BCUT2D eigenvalue weighted by Crippen LogP contribution is 2.20. The van der Waals surface area contributed by atoms with Gasteiger partial charge in [0.25, 0.3) is 0 Å². The highest BCUT2D eigenvalue weighted by atomic mass is 16.1. The summed E-state index contributed by atoms with van der Waals surface area (Å²) in [4.78, 5) is 18.2. The maximum atomic E-state index is 11.1. The van der Waals surface area contributed by atoms with Gasteiger partial charge in [0, 0.05) is 30.7 Å². The highest BCUT2D eigenvalue weighted by molar-refractivity contribution is 5.92. The van der Waals surface area contributed by atoms with Crippen LogP contribution in [0.4, 0.5) is 5.69 Å². The van der Waals surface area contributed by atoms with Gasteiger partial charge in [0.15, 0.2) is 0 Å². The number of hydrogen-bond acceptors (Lipinski definition) is 3. The first-order valence-corrected chi connectivity index (χ1v) is 8.09. The molecule has 2 heterocycles. The topological polar surface area (TPSA) is 45.2 Å². The summed E-state index contributed by atoms with van der Waals surface area (Å²) in [6.45, 7) is 4.89. The number of anilines is 1. The van der Waals surface area contributed by atoms with E-state index in [1.807, 2.05) is 24.4 Å². The lowest BCUT2D eigenvalue weighted by molar-refractivity contribution is -0.114. The Balaban J connectivity index is 1.76. The van der Waals surface area contributed by atoms with Gasteiger partial charge >= 0.3 is 0 Å². The molecule has 2 aromatic rings. The lowest BCUT2D eigenvalue weighted by Crippen LogP contribution is -2.23. The number of aromatic nitrogens is 1. The van der Waals surface area contributed by atoms with Gasteiger partial charge in [0.05, 0.1) is 5.52 Å². The number of benzene rings is 1. The van der Waals surface area contributed by atoms with Crippen LogP contribution in [-0.4, -0.2) is 28.9 Å². The number of rotatable bonds is 3. The molecule has 22 heavy (non-hydrogen) atoms. The van der Waals surface area contributed by atoms with Crippen LogP contribution in [-0.2, 0) is 11.3 Å². The zero-order valence-electron chi connectivity index (χ0n) is 13.1. The van der Waals surface area contributed by atoms with E-state index < -0.39 is 0 Å². The molecule has 0 atom stereocenters. The molecule has 0 radical (unpaired) electrons. The third-order valence-electron chi connectivity index (χ3n) is 4.17. The van der Waals surface area contributed by atoms with Gasteiger partial charge in [-0.05, 0) is 49.7 Å². The maximum Gasteiger partial charge on any atom is 0.221 e. The molecule has 1 saturated heterocycles. The molecular weight excluding hydrogens is 274 g/mol. The van der Waals surface area contributed by atoms with Crippen LogP contribution in [0.2, 0.25) is 0 Å². The molecule has 116 valence electrons. The van der Waals surface area contributed by atoms with Crippen LogP contribution < -0.4 is 5.32 Å². The van der Waals surface area contributed by atoms with Crippen LogP contribution in [0.5, 0.6) is 0 Å². The Morgan fingerprint density at radius 3 is 2.68 bits per heavy atom. The molecule has 0 aliphatic carbocycles. The fraction of sp³-hybridized carbons (Fsp3) is 0.444. The van der Waals surface area contributed by atoms with Gasteiger partial charge in [-0.1, -0.05) is 18.9 Å². The molecule has 1 aromatic carbocycles. The van der Waals surface area contributed by atoms with Crippen molar-refractivity contribution in [3.05, 3.63) is 36.0 Å². The largest absolute Gasteiger partial charge is 0.326 e. The molecule has 1 fully saturated rings. The number of nitrogens with zero attached hydrogens (tertiary/aromatic N) is 2. The molecule has 0 spiro atoms. The Morgan fingerprint density at radius 1 is 1.18 bits per heavy atom. The summed E-state index contributed by atoms with van der Waals surface area (Å²) in [5.74, 6) is -0.0582. The number of carbonyl (C=O) groups excluding carboxylic acids is 1. The van der Waals surface area contributed by atoms with Crippen LogP contribution in [0, 0.1) is 0 Å². The number of carbonyl (C=O) groups is 1. The molecule has 0 saturated carbocycles. The number of pyridine rings is 1. The second-order valence-corrected chi connectivity index (χ2v) is 6.12. The first kappa shape index (κ1) is 15.0.